The first kappa shape index (κ1) is 11.8. The first-order valence-corrected chi connectivity index (χ1v) is 4.55. The zero-order valence-corrected chi connectivity index (χ0v) is 8.15. The number of anilines is 1. The molecule has 0 aliphatic heterocycles. The predicted molar refractivity (Wildman–Crippen MR) is 48.3 cm³/mol. The second kappa shape index (κ2) is 5.42. The topological polar surface area (TPSA) is 29.1 Å². The molecular formula is C8H10LiNOS. The standard InChI is InChI=1S/C8H10NOS.Li/c1-7-3-5-8(6-4-7)9-11(2)10;/h3-6,9H,2H2,1H3;/q-1;+1. The summed E-state index contributed by atoms with van der Waals surface area (Å²) in [6.45, 7) is 2.00. The van der Waals surface area contributed by atoms with Crippen molar-refractivity contribution in [3.8, 4) is 0 Å². The summed E-state index contributed by atoms with van der Waals surface area (Å²) >= 11 is 0. The van der Waals surface area contributed by atoms with Crippen LogP contribution in [0.2, 0.25) is 0 Å². The van der Waals surface area contributed by atoms with Gasteiger partial charge in [0, 0.05) is 5.69 Å². The molecule has 0 amide bonds. The third-order valence-corrected chi connectivity index (χ3v) is 1.75. The van der Waals surface area contributed by atoms with Gasteiger partial charge in [-0.1, -0.05) is 17.7 Å². The van der Waals surface area contributed by atoms with Crippen molar-refractivity contribution in [1.82, 2.24) is 0 Å². The van der Waals surface area contributed by atoms with Crippen LogP contribution in [-0.2, 0) is 11.0 Å². The van der Waals surface area contributed by atoms with E-state index in [-0.39, 0.29) is 18.9 Å². The van der Waals surface area contributed by atoms with Crippen molar-refractivity contribution in [2.75, 3.05) is 4.72 Å². The Hall–Kier alpha value is -0.233. The minimum absolute atomic E-state index is 0. The fourth-order valence-corrected chi connectivity index (χ4v) is 1.15. The molecule has 60 valence electrons. The third-order valence-electron chi connectivity index (χ3n) is 1.28. The van der Waals surface area contributed by atoms with Crippen molar-refractivity contribution in [2.45, 2.75) is 6.92 Å². The number of hydrogen-bond donors (Lipinski definition) is 1. The monoisotopic (exact) mass is 175 g/mol. The van der Waals surface area contributed by atoms with Crippen LogP contribution in [-0.4, -0.2) is 4.21 Å². The molecule has 0 radical (unpaired) electrons. The van der Waals surface area contributed by atoms with Gasteiger partial charge in [-0.25, -0.2) is 6.26 Å². The van der Waals surface area contributed by atoms with Gasteiger partial charge in [0.25, 0.3) is 0 Å². The molecule has 0 saturated carbocycles. The molecule has 1 N–H and O–H groups in total. The van der Waals surface area contributed by atoms with Crippen LogP contribution >= 0.6 is 0 Å². The molecule has 1 atom stereocenters. The number of nitrogens with one attached hydrogen (secondary N) is 1. The van der Waals surface area contributed by atoms with Gasteiger partial charge in [-0.15, -0.1) is 0 Å². The minimum atomic E-state index is -1.22. The first-order chi connectivity index (χ1) is 5.18. The quantitative estimate of drug-likeness (QED) is 0.447. The predicted octanol–water partition coefficient (Wildman–Crippen LogP) is -1.13. The van der Waals surface area contributed by atoms with E-state index in [0.29, 0.717) is 0 Å². The SMILES string of the molecule is [CH2-]S(=O)Nc1ccc(C)cc1.[Li+]. The smallest absolute Gasteiger partial charge is 0.331 e. The maximum Gasteiger partial charge on any atom is 1.00 e. The minimum Gasteiger partial charge on any atom is -0.331 e. The van der Waals surface area contributed by atoms with Gasteiger partial charge in [0.2, 0.25) is 0 Å². The molecule has 0 aliphatic rings. The molecule has 0 spiro atoms. The van der Waals surface area contributed by atoms with Gasteiger partial charge in [0.1, 0.15) is 0 Å². The Morgan fingerprint density at radius 2 is 1.83 bits per heavy atom. The summed E-state index contributed by atoms with van der Waals surface area (Å²) in [5.74, 6) is 0. The van der Waals surface area contributed by atoms with Crippen molar-refractivity contribution in [2.24, 2.45) is 0 Å². The molecule has 0 aliphatic carbocycles. The van der Waals surface area contributed by atoms with Crippen LogP contribution in [0.15, 0.2) is 24.3 Å². The molecule has 4 heteroatoms. The zero-order valence-electron chi connectivity index (χ0n) is 7.33. The molecule has 0 aromatic heterocycles. The summed E-state index contributed by atoms with van der Waals surface area (Å²) in [5, 5.41) is 0. The number of benzene rings is 1. The van der Waals surface area contributed by atoms with Gasteiger partial charge in [0.05, 0.1) is 0 Å². The van der Waals surface area contributed by atoms with E-state index in [1.807, 2.05) is 31.2 Å². The molecule has 0 fully saturated rings. The molecule has 1 unspecified atom stereocenters. The van der Waals surface area contributed by atoms with Gasteiger partial charge in [-0.3, -0.25) is 4.21 Å². The van der Waals surface area contributed by atoms with E-state index < -0.39 is 11.0 Å². The van der Waals surface area contributed by atoms with Crippen molar-refractivity contribution in [3.63, 3.8) is 0 Å². The fourth-order valence-electron chi connectivity index (χ4n) is 0.753. The Kier molecular flexibility index (Phi) is 5.31. The fraction of sp³-hybridized carbons (Fsp3) is 0.125. The van der Waals surface area contributed by atoms with Gasteiger partial charge >= 0.3 is 18.9 Å². The summed E-state index contributed by atoms with van der Waals surface area (Å²) in [4.78, 5) is 0. The van der Waals surface area contributed by atoms with Gasteiger partial charge < -0.3 is 4.72 Å². The zero-order chi connectivity index (χ0) is 8.27. The molecule has 1 rings (SSSR count). The van der Waals surface area contributed by atoms with E-state index in [1.54, 1.807) is 0 Å². The van der Waals surface area contributed by atoms with E-state index in [0.717, 1.165) is 5.69 Å². The molecular weight excluding hydrogens is 165 g/mol. The van der Waals surface area contributed by atoms with Crippen molar-refractivity contribution in [3.05, 3.63) is 36.1 Å². The van der Waals surface area contributed by atoms with Crippen LogP contribution in [0.3, 0.4) is 0 Å². The maximum atomic E-state index is 10.6. The summed E-state index contributed by atoms with van der Waals surface area (Å²) < 4.78 is 13.3. The Balaban J connectivity index is 0.00000121. The second-order valence-electron chi connectivity index (χ2n) is 2.31. The molecule has 2 nitrogen and oxygen atoms in total. The van der Waals surface area contributed by atoms with E-state index in [4.69, 9.17) is 0 Å². The molecule has 0 bridgehead atoms. The third kappa shape index (κ3) is 3.96. The van der Waals surface area contributed by atoms with Crippen molar-refractivity contribution in [1.29, 1.82) is 0 Å². The van der Waals surface area contributed by atoms with Crippen LogP contribution in [0, 0.1) is 13.2 Å². The van der Waals surface area contributed by atoms with Crippen molar-refractivity contribution >= 4 is 16.7 Å². The average Bonchev–Trinajstić information content (AvgIpc) is 1.93. The van der Waals surface area contributed by atoms with E-state index in [9.17, 15) is 4.21 Å². The maximum absolute atomic E-state index is 10.6. The first-order valence-electron chi connectivity index (χ1n) is 3.23. The van der Waals surface area contributed by atoms with Crippen LogP contribution in [0.5, 0.6) is 0 Å². The Bertz CT molecular complexity index is 260. The summed E-state index contributed by atoms with van der Waals surface area (Å²) in [7, 11) is -1.22. The van der Waals surface area contributed by atoms with Crippen LogP contribution in [0.1, 0.15) is 5.56 Å². The van der Waals surface area contributed by atoms with Gasteiger partial charge in [-0.2, -0.15) is 0 Å². The number of aryl methyl sites for hydroxylation is 1. The van der Waals surface area contributed by atoms with E-state index in [2.05, 4.69) is 11.0 Å². The van der Waals surface area contributed by atoms with Crippen molar-refractivity contribution < 1.29 is 23.1 Å². The summed E-state index contributed by atoms with van der Waals surface area (Å²) in [5.41, 5.74) is 2.02. The molecule has 1 aromatic rings. The molecule has 0 saturated heterocycles. The number of rotatable bonds is 2. The Labute approximate surface area is 87.5 Å². The van der Waals surface area contributed by atoms with Crippen LogP contribution in [0.25, 0.3) is 0 Å². The average molecular weight is 175 g/mol. The molecule has 0 heterocycles. The number of hydrogen-bond acceptors (Lipinski definition) is 1. The van der Waals surface area contributed by atoms with Crippen LogP contribution in [0.4, 0.5) is 5.69 Å². The summed E-state index contributed by atoms with van der Waals surface area (Å²) in [6.07, 6.45) is 3.32. The Morgan fingerprint density at radius 1 is 1.33 bits per heavy atom. The Morgan fingerprint density at radius 3 is 2.25 bits per heavy atom. The largest absolute Gasteiger partial charge is 1.00 e. The van der Waals surface area contributed by atoms with E-state index >= 15 is 0 Å². The normalized spacial score (nSPS) is 11.5. The summed E-state index contributed by atoms with van der Waals surface area (Å²) in [6, 6.07) is 7.65. The molecule has 1 aromatic carbocycles. The van der Waals surface area contributed by atoms with Gasteiger partial charge in [0.15, 0.2) is 0 Å². The van der Waals surface area contributed by atoms with E-state index in [1.165, 1.54) is 5.56 Å². The second-order valence-corrected chi connectivity index (χ2v) is 3.21. The molecule has 12 heavy (non-hydrogen) atoms. The van der Waals surface area contributed by atoms with Gasteiger partial charge in [-0.05, 0) is 30.0 Å². The van der Waals surface area contributed by atoms with Crippen LogP contribution < -0.4 is 23.6 Å².